The largest absolute Gasteiger partial charge is 0.506 e. The smallest absolute Gasteiger partial charge is 0.255 e. The first-order valence-corrected chi connectivity index (χ1v) is 5.70. The first-order valence-electron chi connectivity index (χ1n) is 5.70. The number of amides is 1. The molecule has 0 spiro atoms. The van der Waals surface area contributed by atoms with Crippen LogP contribution < -0.4 is 11.1 Å². The van der Waals surface area contributed by atoms with E-state index in [4.69, 9.17) is 10.8 Å². The molecular formula is C14H14N2O3. The van der Waals surface area contributed by atoms with E-state index in [1.807, 2.05) is 0 Å². The van der Waals surface area contributed by atoms with Crippen molar-refractivity contribution in [1.82, 2.24) is 0 Å². The number of phenols is 1. The minimum atomic E-state index is -0.341. The summed E-state index contributed by atoms with van der Waals surface area (Å²) in [6, 6.07) is 11.1. The van der Waals surface area contributed by atoms with Gasteiger partial charge in [0, 0.05) is 11.3 Å². The van der Waals surface area contributed by atoms with E-state index in [0.29, 0.717) is 11.3 Å². The highest BCUT2D eigenvalue weighted by Crippen LogP contribution is 2.21. The SMILES string of the molecule is Nc1ccc(C(=O)Nc2ccc(CO)cc2)cc1O. The fraction of sp³-hybridized carbons (Fsp3) is 0.0714. The Bertz CT molecular complexity index is 594. The van der Waals surface area contributed by atoms with Crippen LogP contribution >= 0.6 is 0 Å². The monoisotopic (exact) mass is 258 g/mol. The van der Waals surface area contributed by atoms with Crippen LogP contribution in [0.25, 0.3) is 0 Å². The van der Waals surface area contributed by atoms with Crippen LogP contribution in [0.5, 0.6) is 5.75 Å². The van der Waals surface area contributed by atoms with Gasteiger partial charge < -0.3 is 21.3 Å². The molecule has 2 rings (SSSR count). The molecule has 5 N–H and O–H groups in total. The lowest BCUT2D eigenvalue weighted by molar-refractivity contribution is 0.102. The molecular weight excluding hydrogens is 244 g/mol. The molecule has 1 amide bonds. The summed E-state index contributed by atoms with van der Waals surface area (Å²) in [6.07, 6.45) is 0. The second kappa shape index (κ2) is 5.41. The molecule has 0 saturated heterocycles. The number of benzene rings is 2. The zero-order valence-electron chi connectivity index (χ0n) is 10.1. The molecule has 0 heterocycles. The lowest BCUT2D eigenvalue weighted by atomic mass is 10.1. The number of aliphatic hydroxyl groups is 1. The van der Waals surface area contributed by atoms with Crippen LogP contribution in [0.3, 0.4) is 0 Å². The average molecular weight is 258 g/mol. The second-order valence-corrected chi connectivity index (χ2v) is 4.08. The molecule has 0 unspecified atom stereocenters. The van der Waals surface area contributed by atoms with Gasteiger partial charge in [-0.1, -0.05) is 12.1 Å². The van der Waals surface area contributed by atoms with Gasteiger partial charge in [-0.15, -0.1) is 0 Å². The number of rotatable bonds is 3. The van der Waals surface area contributed by atoms with Gasteiger partial charge in [0.05, 0.1) is 12.3 Å². The summed E-state index contributed by atoms with van der Waals surface area (Å²) >= 11 is 0. The zero-order chi connectivity index (χ0) is 13.8. The van der Waals surface area contributed by atoms with Gasteiger partial charge in [-0.3, -0.25) is 4.79 Å². The summed E-state index contributed by atoms with van der Waals surface area (Å²) in [4.78, 5) is 11.9. The molecule has 0 aliphatic carbocycles. The third-order valence-electron chi connectivity index (χ3n) is 2.69. The standard InChI is InChI=1S/C14H14N2O3/c15-12-6-3-10(7-13(12)18)14(19)16-11-4-1-9(8-17)2-5-11/h1-7,17-18H,8,15H2,(H,16,19). The average Bonchev–Trinajstić information content (AvgIpc) is 2.42. The summed E-state index contributed by atoms with van der Waals surface area (Å²) in [7, 11) is 0. The van der Waals surface area contributed by atoms with Gasteiger partial charge in [0.2, 0.25) is 0 Å². The minimum absolute atomic E-state index is 0.0416. The van der Waals surface area contributed by atoms with Crippen LogP contribution in [0.1, 0.15) is 15.9 Å². The maximum atomic E-state index is 11.9. The molecule has 0 aliphatic heterocycles. The number of nitrogens with one attached hydrogen (secondary N) is 1. The van der Waals surface area contributed by atoms with Crippen molar-refractivity contribution in [2.75, 3.05) is 11.1 Å². The Balaban J connectivity index is 2.13. The molecule has 0 aromatic heterocycles. The Morgan fingerprint density at radius 2 is 1.84 bits per heavy atom. The van der Waals surface area contributed by atoms with Crippen molar-refractivity contribution in [3.63, 3.8) is 0 Å². The van der Waals surface area contributed by atoms with Crippen molar-refractivity contribution in [3.05, 3.63) is 53.6 Å². The number of anilines is 2. The highest BCUT2D eigenvalue weighted by Gasteiger charge is 2.08. The van der Waals surface area contributed by atoms with Crippen molar-refractivity contribution in [1.29, 1.82) is 0 Å². The predicted molar refractivity (Wildman–Crippen MR) is 72.8 cm³/mol. The van der Waals surface area contributed by atoms with E-state index in [-0.39, 0.29) is 24.0 Å². The Kier molecular flexibility index (Phi) is 3.68. The van der Waals surface area contributed by atoms with E-state index in [0.717, 1.165) is 5.56 Å². The molecule has 0 saturated carbocycles. The van der Waals surface area contributed by atoms with Gasteiger partial charge in [-0.25, -0.2) is 0 Å². The molecule has 0 fully saturated rings. The Morgan fingerprint density at radius 3 is 2.42 bits per heavy atom. The van der Waals surface area contributed by atoms with Gasteiger partial charge >= 0.3 is 0 Å². The van der Waals surface area contributed by atoms with Crippen LogP contribution in [0.2, 0.25) is 0 Å². The topological polar surface area (TPSA) is 95.6 Å². The number of hydrogen-bond acceptors (Lipinski definition) is 4. The van der Waals surface area contributed by atoms with E-state index in [2.05, 4.69) is 5.32 Å². The number of nitrogen functional groups attached to an aromatic ring is 1. The van der Waals surface area contributed by atoms with Gasteiger partial charge in [0.1, 0.15) is 5.75 Å². The van der Waals surface area contributed by atoms with Crippen LogP contribution in [0.15, 0.2) is 42.5 Å². The molecule has 2 aromatic rings. The number of phenolic OH excluding ortho intramolecular Hbond substituents is 1. The fourth-order valence-corrected chi connectivity index (χ4v) is 1.58. The van der Waals surface area contributed by atoms with Crippen molar-refractivity contribution in [3.8, 4) is 5.75 Å². The third-order valence-corrected chi connectivity index (χ3v) is 2.69. The normalized spacial score (nSPS) is 10.2. The molecule has 0 aliphatic rings. The van der Waals surface area contributed by atoms with E-state index in [1.165, 1.54) is 18.2 Å². The number of carbonyl (C=O) groups is 1. The van der Waals surface area contributed by atoms with E-state index >= 15 is 0 Å². The highest BCUT2D eigenvalue weighted by atomic mass is 16.3. The zero-order valence-corrected chi connectivity index (χ0v) is 10.1. The molecule has 2 aromatic carbocycles. The minimum Gasteiger partial charge on any atom is -0.506 e. The molecule has 5 heteroatoms. The fourth-order valence-electron chi connectivity index (χ4n) is 1.58. The summed E-state index contributed by atoms with van der Waals surface area (Å²) in [5.74, 6) is -0.463. The summed E-state index contributed by atoms with van der Waals surface area (Å²) in [5, 5.41) is 21.1. The number of aliphatic hydroxyl groups excluding tert-OH is 1. The van der Waals surface area contributed by atoms with Crippen molar-refractivity contribution >= 4 is 17.3 Å². The molecule has 0 bridgehead atoms. The van der Waals surface area contributed by atoms with Gasteiger partial charge in [-0.2, -0.15) is 0 Å². The van der Waals surface area contributed by atoms with E-state index in [1.54, 1.807) is 24.3 Å². The Morgan fingerprint density at radius 1 is 1.16 bits per heavy atom. The summed E-state index contributed by atoms with van der Waals surface area (Å²) < 4.78 is 0. The maximum absolute atomic E-state index is 11.9. The summed E-state index contributed by atoms with van der Waals surface area (Å²) in [6.45, 7) is -0.0416. The van der Waals surface area contributed by atoms with Gasteiger partial charge in [0.25, 0.3) is 5.91 Å². The molecule has 19 heavy (non-hydrogen) atoms. The van der Waals surface area contributed by atoms with Crippen molar-refractivity contribution < 1.29 is 15.0 Å². The van der Waals surface area contributed by atoms with Gasteiger partial charge in [0.15, 0.2) is 0 Å². The number of nitrogens with two attached hydrogens (primary N) is 1. The first kappa shape index (κ1) is 12.9. The second-order valence-electron chi connectivity index (χ2n) is 4.08. The van der Waals surface area contributed by atoms with Crippen LogP contribution in [0, 0.1) is 0 Å². The quantitative estimate of drug-likeness (QED) is 0.498. The lowest BCUT2D eigenvalue weighted by Gasteiger charge is -2.07. The van der Waals surface area contributed by atoms with Crippen LogP contribution in [-0.2, 0) is 6.61 Å². The van der Waals surface area contributed by atoms with E-state index < -0.39 is 0 Å². The molecule has 98 valence electrons. The molecule has 0 radical (unpaired) electrons. The van der Waals surface area contributed by atoms with E-state index in [9.17, 15) is 9.90 Å². The van der Waals surface area contributed by atoms with Crippen LogP contribution in [0.4, 0.5) is 11.4 Å². The Hall–Kier alpha value is -2.53. The summed E-state index contributed by atoms with van der Waals surface area (Å²) in [5.41, 5.74) is 7.39. The third kappa shape index (κ3) is 3.02. The molecule has 0 atom stereocenters. The van der Waals surface area contributed by atoms with Crippen molar-refractivity contribution in [2.45, 2.75) is 6.61 Å². The Labute approximate surface area is 110 Å². The van der Waals surface area contributed by atoms with Crippen molar-refractivity contribution in [2.24, 2.45) is 0 Å². The number of aromatic hydroxyl groups is 1. The number of hydrogen-bond donors (Lipinski definition) is 4. The predicted octanol–water partition coefficient (Wildman–Crippen LogP) is 1.72. The molecule has 5 nitrogen and oxygen atoms in total. The first-order chi connectivity index (χ1) is 9.10. The van der Waals surface area contributed by atoms with Crippen LogP contribution in [-0.4, -0.2) is 16.1 Å². The number of carbonyl (C=O) groups excluding carboxylic acids is 1. The highest BCUT2D eigenvalue weighted by molar-refractivity contribution is 6.04. The van der Waals surface area contributed by atoms with Gasteiger partial charge in [-0.05, 0) is 35.9 Å². The lowest BCUT2D eigenvalue weighted by Crippen LogP contribution is -2.11. The maximum Gasteiger partial charge on any atom is 0.255 e.